The van der Waals surface area contributed by atoms with Crippen LogP contribution in [0.5, 0.6) is 0 Å². The van der Waals surface area contributed by atoms with Crippen LogP contribution in [-0.4, -0.2) is 15.8 Å². The Kier molecular flexibility index (Phi) is 4.07. The van der Waals surface area contributed by atoms with E-state index in [1.807, 2.05) is 48.7 Å². The van der Waals surface area contributed by atoms with E-state index in [0.29, 0.717) is 5.02 Å². The second-order valence-electron chi connectivity index (χ2n) is 5.08. The fraction of sp³-hybridized carbons (Fsp3) is 0.111. The largest absolute Gasteiger partial charge is 0.303 e. The lowest BCUT2D eigenvalue weighted by atomic mass is 10.2. The van der Waals surface area contributed by atoms with E-state index in [9.17, 15) is 0 Å². The van der Waals surface area contributed by atoms with Crippen molar-refractivity contribution in [1.29, 1.82) is 0 Å². The zero-order valence-corrected chi connectivity index (χ0v) is 13.2. The van der Waals surface area contributed by atoms with Crippen molar-refractivity contribution in [3.05, 3.63) is 76.7 Å². The lowest BCUT2D eigenvalue weighted by molar-refractivity contribution is 0.921. The number of halogens is 1. The molecule has 22 heavy (non-hydrogen) atoms. The number of hydrogen-bond acceptors (Lipinski definition) is 2. The van der Waals surface area contributed by atoms with E-state index in [4.69, 9.17) is 11.6 Å². The standard InChI is InChI=1S/C18H16ClN3/c1-13-11-15(12-21-17-8-6-16(19)7-9-17)14(2)22(13)18-5-3-4-10-20-18/h3-12H,1-2H3. The Bertz CT molecular complexity index is 802. The van der Waals surface area contributed by atoms with Gasteiger partial charge in [-0.3, -0.25) is 4.99 Å². The Morgan fingerprint density at radius 3 is 2.55 bits per heavy atom. The highest BCUT2D eigenvalue weighted by molar-refractivity contribution is 6.30. The van der Waals surface area contributed by atoms with E-state index in [1.165, 1.54) is 0 Å². The molecule has 0 aliphatic heterocycles. The Hall–Kier alpha value is -2.39. The molecule has 0 fully saturated rings. The van der Waals surface area contributed by atoms with Crippen LogP contribution in [0.2, 0.25) is 5.02 Å². The minimum atomic E-state index is 0.715. The summed E-state index contributed by atoms with van der Waals surface area (Å²) in [7, 11) is 0. The van der Waals surface area contributed by atoms with E-state index in [0.717, 1.165) is 28.5 Å². The van der Waals surface area contributed by atoms with Crippen LogP contribution < -0.4 is 0 Å². The molecular formula is C18H16ClN3. The first-order chi connectivity index (χ1) is 10.6. The average molecular weight is 310 g/mol. The molecule has 110 valence electrons. The van der Waals surface area contributed by atoms with E-state index < -0.39 is 0 Å². The Morgan fingerprint density at radius 1 is 1.09 bits per heavy atom. The molecule has 0 bridgehead atoms. The van der Waals surface area contributed by atoms with Crippen LogP contribution in [-0.2, 0) is 0 Å². The summed E-state index contributed by atoms with van der Waals surface area (Å²) in [6.07, 6.45) is 3.68. The van der Waals surface area contributed by atoms with E-state index in [2.05, 4.69) is 34.5 Å². The zero-order valence-electron chi connectivity index (χ0n) is 12.5. The number of aryl methyl sites for hydroxylation is 1. The van der Waals surface area contributed by atoms with Gasteiger partial charge in [0.2, 0.25) is 0 Å². The van der Waals surface area contributed by atoms with Gasteiger partial charge in [0.15, 0.2) is 0 Å². The van der Waals surface area contributed by atoms with Gasteiger partial charge in [0.05, 0.1) is 5.69 Å². The normalized spacial score (nSPS) is 11.2. The van der Waals surface area contributed by atoms with Gasteiger partial charge >= 0.3 is 0 Å². The number of nitrogens with zero attached hydrogens (tertiary/aromatic N) is 3. The molecular weight excluding hydrogens is 294 g/mol. The van der Waals surface area contributed by atoms with Crippen molar-refractivity contribution in [1.82, 2.24) is 9.55 Å². The van der Waals surface area contributed by atoms with Gasteiger partial charge in [-0.25, -0.2) is 4.98 Å². The molecule has 0 aliphatic carbocycles. The predicted octanol–water partition coefficient (Wildman–Crippen LogP) is 4.89. The monoisotopic (exact) mass is 309 g/mol. The minimum absolute atomic E-state index is 0.715. The summed E-state index contributed by atoms with van der Waals surface area (Å²) < 4.78 is 2.13. The van der Waals surface area contributed by atoms with Crippen LogP contribution in [0, 0.1) is 13.8 Å². The smallest absolute Gasteiger partial charge is 0.136 e. The zero-order chi connectivity index (χ0) is 15.5. The van der Waals surface area contributed by atoms with Crippen molar-refractivity contribution >= 4 is 23.5 Å². The van der Waals surface area contributed by atoms with E-state index >= 15 is 0 Å². The molecule has 0 spiro atoms. The van der Waals surface area contributed by atoms with Crippen molar-refractivity contribution in [2.24, 2.45) is 4.99 Å². The third-order valence-electron chi connectivity index (χ3n) is 3.53. The van der Waals surface area contributed by atoms with Crippen molar-refractivity contribution in [2.45, 2.75) is 13.8 Å². The molecule has 3 nitrogen and oxygen atoms in total. The van der Waals surface area contributed by atoms with Crippen molar-refractivity contribution in [3.8, 4) is 5.82 Å². The van der Waals surface area contributed by atoms with E-state index in [1.54, 1.807) is 6.20 Å². The lowest BCUT2D eigenvalue weighted by Gasteiger charge is -2.07. The first kappa shape index (κ1) is 14.5. The number of hydrogen-bond donors (Lipinski definition) is 0. The molecule has 0 aliphatic rings. The molecule has 2 aromatic heterocycles. The van der Waals surface area contributed by atoms with Gasteiger partial charge in [-0.1, -0.05) is 17.7 Å². The third kappa shape index (κ3) is 2.95. The average Bonchev–Trinajstić information content (AvgIpc) is 2.82. The summed E-state index contributed by atoms with van der Waals surface area (Å²) in [5.41, 5.74) is 4.22. The van der Waals surface area contributed by atoms with Gasteiger partial charge in [-0.2, -0.15) is 0 Å². The first-order valence-electron chi connectivity index (χ1n) is 7.05. The molecule has 0 unspecified atom stereocenters. The maximum Gasteiger partial charge on any atom is 0.136 e. The molecule has 4 heteroatoms. The van der Waals surface area contributed by atoms with Crippen LogP contribution in [0.25, 0.3) is 5.82 Å². The van der Waals surface area contributed by atoms with Crippen molar-refractivity contribution < 1.29 is 0 Å². The van der Waals surface area contributed by atoms with Crippen LogP contribution in [0.15, 0.2) is 59.7 Å². The Morgan fingerprint density at radius 2 is 1.86 bits per heavy atom. The topological polar surface area (TPSA) is 30.2 Å². The number of aromatic nitrogens is 2. The van der Waals surface area contributed by atoms with Gasteiger partial charge < -0.3 is 4.57 Å². The van der Waals surface area contributed by atoms with E-state index in [-0.39, 0.29) is 0 Å². The fourth-order valence-electron chi connectivity index (χ4n) is 2.43. The molecule has 1 aromatic carbocycles. The molecule has 0 saturated carbocycles. The summed E-state index contributed by atoms with van der Waals surface area (Å²) in [4.78, 5) is 8.92. The molecule has 3 aromatic rings. The van der Waals surface area contributed by atoms with Gasteiger partial charge in [0.25, 0.3) is 0 Å². The second kappa shape index (κ2) is 6.16. The summed E-state index contributed by atoms with van der Waals surface area (Å²) in [5.74, 6) is 0.920. The predicted molar refractivity (Wildman–Crippen MR) is 91.7 cm³/mol. The Balaban J connectivity index is 1.94. The quantitative estimate of drug-likeness (QED) is 0.633. The molecule has 2 heterocycles. The third-order valence-corrected chi connectivity index (χ3v) is 3.78. The molecule has 0 N–H and O–H groups in total. The van der Waals surface area contributed by atoms with Gasteiger partial charge in [-0.05, 0) is 56.3 Å². The van der Waals surface area contributed by atoms with Crippen LogP contribution in [0.4, 0.5) is 5.69 Å². The summed E-state index contributed by atoms with van der Waals surface area (Å²) in [5, 5.41) is 0.715. The molecule has 0 radical (unpaired) electrons. The summed E-state index contributed by atoms with van der Waals surface area (Å²) in [6, 6.07) is 15.5. The van der Waals surface area contributed by atoms with Gasteiger partial charge in [-0.15, -0.1) is 0 Å². The Labute approximate surface area is 134 Å². The summed E-state index contributed by atoms with van der Waals surface area (Å²) in [6.45, 7) is 4.15. The minimum Gasteiger partial charge on any atom is -0.303 e. The fourth-order valence-corrected chi connectivity index (χ4v) is 2.55. The number of benzene rings is 1. The molecule has 0 atom stereocenters. The highest BCUT2D eigenvalue weighted by atomic mass is 35.5. The van der Waals surface area contributed by atoms with Crippen molar-refractivity contribution in [2.75, 3.05) is 0 Å². The maximum absolute atomic E-state index is 5.88. The second-order valence-corrected chi connectivity index (χ2v) is 5.52. The van der Waals surface area contributed by atoms with Crippen LogP contribution in [0.3, 0.4) is 0 Å². The summed E-state index contributed by atoms with van der Waals surface area (Å²) >= 11 is 5.88. The SMILES string of the molecule is Cc1cc(C=Nc2ccc(Cl)cc2)c(C)n1-c1ccccn1. The maximum atomic E-state index is 5.88. The number of rotatable bonds is 3. The highest BCUT2D eigenvalue weighted by Gasteiger charge is 2.09. The molecule has 3 rings (SSSR count). The first-order valence-corrected chi connectivity index (χ1v) is 7.43. The number of aliphatic imine (C=N–C) groups is 1. The van der Waals surface area contributed by atoms with Crippen molar-refractivity contribution in [3.63, 3.8) is 0 Å². The lowest BCUT2D eigenvalue weighted by Crippen LogP contribution is -2.01. The molecule has 0 amide bonds. The van der Waals surface area contributed by atoms with Crippen LogP contribution >= 0.6 is 11.6 Å². The van der Waals surface area contributed by atoms with Gasteiger partial charge in [0.1, 0.15) is 5.82 Å². The van der Waals surface area contributed by atoms with Gasteiger partial charge in [0, 0.05) is 34.4 Å². The highest BCUT2D eigenvalue weighted by Crippen LogP contribution is 2.20. The number of pyridine rings is 1. The van der Waals surface area contributed by atoms with Crippen LogP contribution in [0.1, 0.15) is 17.0 Å². The molecule has 0 saturated heterocycles.